The van der Waals surface area contributed by atoms with Crippen LogP contribution in [-0.2, 0) is 6.54 Å². The number of carbonyl (C=O) groups is 1. The lowest BCUT2D eigenvalue weighted by atomic mass is 10.1. The molecule has 0 saturated carbocycles. The van der Waals surface area contributed by atoms with Crippen molar-refractivity contribution in [1.29, 1.82) is 0 Å². The minimum atomic E-state index is -0.122. The second kappa shape index (κ2) is 6.31. The predicted octanol–water partition coefficient (Wildman–Crippen LogP) is 0.931. The van der Waals surface area contributed by atoms with Crippen molar-refractivity contribution in [3.8, 4) is 0 Å². The molecule has 2 aromatic rings. The van der Waals surface area contributed by atoms with Crippen LogP contribution in [0.4, 0.5) is 0 Å². The molecule has 0 spiro atoms. The van der Waals surface area contributed by atoms with E-state index in [1.807, 2.05) is 10.1 Å². The third-order valence-electron chi connectivity index (χ3n) is 3.64. The lowest BCUT2D eigenvalue weighted by molar-refractivity contribution is 0.0777. The molecule has 1 fully saturated rings. The van der Waals surface area contributed by atoms with Crippen molar-refractivity contribution in [3.05, 3.63) is 28.5 Å². The molecule has 3 rings (SSSR count). The van der Waals surface area contributed by atoms with Gasteiger partial charge in [0.2, 0.25) is 0 Å². The molecule has 21 heavy (non-hydrogen) atoms. The van der Waals surface area contributed by atoms with Crippen LogP contribution >= 0.6 is 11.3 Å². The third kappa shape index (κ3) is 3.27. The first-order valence-electron chi connectivity index (χ1n) is 6.99. The number of carbonyl (C=O) groups excluding carboxylic acids is 1. The molecule has 0 aliphatic carbocycles. The maximum Gasteiger partial charge on any atom is 0.276 e. The summed E-state index contributed by atoms with van der Waals surface area (Å²) in [6, 6.07) is 0.337. The van der Waals surface area contributed by atoms with Gasteiger partial charge < -0.3 is 10.2 Å². The van der Waals surface area contributed by atoms with Crippen LogP contribution in [0.5, 0.6) is 0 Å². The zero-order valence-corrected chi connectivity index (χ0v) is 12.7. The highest BCUT2D eigenvalue weighted by Crippen LogP contribution is 2.17. The van der Waals surface area contributed by atoms with Gasteiger partial charge in [0, 0.05) is 12.4 Å². The van der Waals surface area contributed by atoms with Crippen LogP contribution in [0.2, 0.25) is 0 Å². The van der Waals surface area contributed by atoms with Gasteiger partial charge in [-0.05, 0) is 25.9 Å². The van der Waals surface area contributed by atoms with E-state index in [1.54, 1.807) is 23.7 Å². The molecule has 0 unspecified atom stereocenters. The largest absolute Gasteiger partial charge is 0.334 e. The Kier molecular flexibility index (Phi) is 4.26. The van der Waals surface area contributed by atoms with Crippen molar-refractivity contribution in [2.24, 2.45) is 0 Å². The number of thiazole rings is 1. The summed E-state index contributed by atoms with van der Waals surface area (Å²) in [5.41, 5.74) is 3.05. The monoisotopic (exact) mass is 306 g/mol. The predicted molar refractivity (Wildman–Crippen MR) is 79.1 cm³/mol. The van der Waals surface area contributed by atoms with Crippen LogP contribution in [0.3, 0.4) is 0 Å². The van der Waals surface area contributed by atoms with Crippen molar-refractivity contribution in [3.63, 3.8) is 0 Å². The maximum atomic E-state index is 12.3. The molecule has 7 nitrogen and oxygen atoms in total. The molecule has 1 N–H and O–H groups in total. The smallest absolute Gasteiger partial charge is 0.276 e. The van der Waals surface area contributed by atoms with E-state index in [0.29, 0.717) is 18.3 Å². The van der Waals surface area contributed by atoms with Crippen molar-refractivity contribution < 1.29 is 4.79 Å². The quantitative estimate of drug-likeness (QED) is 0.909. The van der Waals surface area contributed by atoms with Gasteiger partial charge in [0.1, 0.15) is 0 Å². The molecule has 8 heteroatoms. The van der Waals surface area contributed by atoms with Gasteiger partial charge in [-0.15, -0.1) is 16.4 Å². The fraction of sp³-hybridized carbons (Fsp3) is 0.538. The number of piperidine rings is 1. The Morgan fingerprint density at radius 3 is 3.05 bits per heavy atom. The summed E-state index contributed by atoms with van der Waals surface area (Å²) in [6.45, 7) is 2.46. The normalized spacial score (nSPS) is 16.0. The van der Waals surface area contributed by atoms with Crippen molar-refractivity contribution >= 4 is 17.2 Å². The zero-order chi connectivity index (χ0) is 14.7. The van der Waals surface area contributed by atoms with Crippen LogP contribution in [0.1, 0.15) is 35.1 Å². The summed E-state index contributed by atoms with van der Waals surface area (Å²) in [4.78, 5) is 18.1. The molecule has 0 aromatic carbocycles. The van der Waals surface area contributed by atoms with Gasteiger partial charge in [0.05, 0.1) is 30.0 Å². The lowest BCUT2D eigenvalue weighted by Gasteiger charge is -2.22. The average molecular weight is 306 g/mol. The molecular formula is C13H18N6OS. The molecule has 0 radical (unpaired) electrons. The molecule has 2 aromatic heterocycles. The molecule has 112 valence electrons. The number of aromatic nitrogens is 4. The van der Waals surface area contributed by atoms with Gasteiger partial charge in [-0.2, -0.15) is 0 Å². The Morgan fingerprint density at radius 2 is 2.33 bits per heavy atom. The SMILES string of the molecule is CN(Cc1cscn1)C(=O)c1cn(C2CCNCC2)nn1. The van der Waals surface area contributed by atoms with Crippen molar-refractivity contribution in [1.82, 2.24) is 30.2 Å². The van der Waals surface area contributed by atoms with E-state index >= 15 is 0 Å². The highest BCUT2D eigenvalue weighted by atomic mass is 32.1. The van der Waals surface area contributed by atoms with Crippen LogP contribution in [-0.4, -0.2) is 50.9 Å². The Bertz CT molecular complexity index is 590. The maximum absolute atomic E-state index is 12.3. The summed E-state index contributed by atoms with van der Waals surface area (Å²) < 4.78 is 1.82. The fourth-order valence-electron chi connectivity index (χ4n) is 2.45. The van der Waals surface area contributed by atoms with Crippen LogP contribution in [0, 0.1) is 0 Å². The second-order valence-corrected chi connectivity index (χ2v) is 5.92. The Hall–Kier alpha value is -1.80. The molecule has 0 atom stereocenters. The fourth-order valence-corrected chi connectivity index (χ4v) is 3.00. The number of hydrogen-bond donors (Lipinski definition) is 1. The van der Waals surface area contributed by atoms with Crippen LogP contribution in [0.25, 0.3) is 0 Å². The van der Waals surface area contributed by atoms with Gasteiger partial charge in [-0.3, -0.25) is 4.79 Å². The van der Waals surface area contributed by atoms with E-state index in [1.165, 1.54) is 11.3 Å². The second-order valence-electron chi connectivity index (χ2n) is 5.21. The molecule has 1 aliphatic heterocycles. The first-order valence-corrected chi connectivity index (χ1v) is 7.93. The van der Waals surface area contributed by atoms with Gasteiger partial charge >= 0.3 is 0 Å². The van der Waals surface area contributed by atoms with Gasteiger partial charge in [-0.25, -0.2) is 9.67 Å². The van der Waals surface area contributed by atoms with E-state index in [4.69, 9.17) is 0 Å². The molecular weight excluding hydrogens is 288 g/mol. The highest BCUT2D eigenvalue weighted by Gasteiger charge is 2.20. The van der Waals surface area contributed by atoms with Crippen LogP contribution in [0.15, 0.2) is 17.1 Å². The minimum Gasteiger partial charge on any atom is -0.334 e. The van der Waals surface area contributed by atoms with Gasteiger partial charge in [0.15, 0.2) is 5.69 Å². The summed E-state index contributed by atoms with van der Waals surface area (Å²) in [7, 11) is 1.76. The van der Waals surface area contributed by atoms with E-state index < -0.39 is 0 Å². The first kappa shape index (κ1) is 14.2. The number of nitrogens with zero attached hydrogens (tertiary/aromatic N) is 5. The molecule has 1 aliphatic rings. The summed E-state index contributed by atoms with van der Waals surface area (Å²) in [5.74, 6) is -0.122. The van der Waals surface area contributed by atoms with Gasteiger partial charge in [-0.1, -0.05) is 5.21 Å². The highest BCUT2D eigenvalue weighted by molar-refractivity contribution is 7.07. The van der Waals surface area contributed by atoms with E-state index in [-0.39, 0.29) is 5.91 Å². The topological polar surface area (TPSA) is 75.9 Å². The minimum absolute atomic E-state index is 0.122. The summed E-state index contributed by atoms with van der Waals surface area (Å²) in [5, 5.41) is 13.4. The number of rotatable bonds is 4. The van der Waals surface area contributed by atoms with Crippen molar-refractivity contribution in [2.75, 3.05) is 20.1 Å². The van der Waals surface area contributed by atoms with E-state index in [0.717, 1.165) is 31.6 Å². The van der Waals surface area contributed by atoms with Crippen LogP contribution < -0.4 is 5.32 Å². The average Bonchev–Trinajstić information content (AvgIpc) is 3.18. The molecule has 1 saturated heterocycles. The first-order chi connectivity index (χ1) is 10.2. The molecule has 1 amide bonds. The number of hydrogen-bond acceptors (Lipinski definition) is 6. The van der Waals surface area contributed by atoms with Gasteiger partial charge in [0.25, 0.3) is 5.91 Å². The Morgan fingerprint density at radius 1 is 1.52 bits per heavy atom. The number of nitrogens with one attached hydrogen (secondary N) is 1. The van der Waals surface area contributed by atoms with E-state index in [2.05, 4.69) is 20.6 Å². The number of amides is 1. The standard InChI is InChI=1S/C13H18N6OS/c1-18(6-10-8-21-9-15-10)13(20)12-7-19(17-16-12)11-2-4-14-5-3-11/h7-9,11,14H,2-6H2,1H3. The molecule has 3 heterocycles. The third-order valence-corrected chi connectivity index (χ3v) is 4.28. The zero-order valence-electron chi connectivity index (χ0n) is 11.9. The summed E-state index contributed by atoms with van der Waals surface area (Å²) >= 11 is 1.52. The van der Waals surface area contributed by atoms with Crippen molar-refractivity contribution in [2.45, 2.75) is 25.4 Å². The van der Waals surface area contributed by atoms with E-state index in [9.17, 15) is 4.79 Å². The Balaban J connectivity index is 1.65. The molecule has 0 bridgehead atoms. The Labute approximate surface area is 127 Å². The summed E-state index contributed by atoms with van der Waals surface area (Å²) in [6.07, 6.45) is 3.80. The lowest BCUT2D eigenvalue weighted by Crippen LogP contribution is -2.29.